The minimum Gasteiger partial charge on any atom is -0.322 e. The summed E-state index contributed by atoms with van der Waals surface area (Å²) in [6.45, 7) is 3.20. The topological polar surface area (TPSA) is 32.3 Å². The van der Waals surface area contributed by atoms with Crippen molar-refractivity contribution in [3.63, 3.8) is 0 Å². The lowest BCUT2D eigenvalue weighted by molar-refractivity contribution is 0.102. The van der Waals surface area contributed by atoms with Crippen LogP contribution in [0.5, 0.6) is 0 Å². The van der Waals surface area contributed by atoms with E-state index >= 15 is 0 Å². The first-order chi connectivity index (χ1) is 11.2. The summed E-state index contributed by atoms with van der Waals surface area (Å²) in [6.07, 6.45) is 0. The van der Waals surface area contributed by atoms with E-state index in [-0.39, 0.29) is 5.91 Å². The summed E-state index contributed by atoms with van der Waals surface area (Å²) in [7, 11) is 0. The van der Waals surface area contributed by atoms with Crippen molar-refractivity contribution >= 4 is 35.0 Å². The van der Waals surface area contributed by atoms with Gasteiger partial charge in [0.15, 0.2) is 0 Å². The van der Waals surface area contributed by atoms with Gasteiger partial charge >= 0.3 is 0 Å². The van der Waals surface area contributed by atoms with Gasteiger partial charge in [-0.05, 0) is 42.0 Å². The molecule has 5 heteroatoms. The standard InChI is InChI=1S/C18H19ClN2OS/c19-16-6-4-15(5-7-16)18(22)20-17-3-1-2-14(12-17)13-21-8-10-23-11-9-21/h1-7,12H,8-11,13H2,(H,20,22). The van der Waals surface area contributed by atoms with Crippen LogP contribution < -0.4 is 5.32 Å². The van der Waals surface area contributed by atoms with Gasteiger partial charge in [0.1, 0.15) is 0 Å². The van der Waals surface area contributed by atoms with Crippen molar-refractivity contribution in [2.24, 2.45) is 0 Å². The molecule has 3 nitrogen and oxygen atoms in total. The van der Waals surface area contributed by atoms with Crippen LogP contribution in [-0.2, 0) is 6.54 Å². The van der Waals surface area contributed by atoms with Crippen molar-refractivity contribution in [3.05, 3.63) is 64.7 Å². The maximum Gasteiger partial charge on any atom is 0.255 e. The van der Waals surface area contributed by atoms with E-state index in [1.165, 1.54) is 17.1 Å². The maximum atomic E-state index is 12.3. The number of halogens is 1. The zero-order valence-electron chi connectivity index (χ0n) is 12.8. The molecule has 2 aromatic rings. The van der Waals surface area contributed by atoms with Crippen LogP contribution in [0.4, 0.5) is 5.69 Å². The molecular formula is C18H19ClN2OS. The Labute approximate surface area is 146 Å². The van der Waals surface area contributed by atoms with Crippen LogP contribution in [0.1, 0.15) is 15.9 Å². The maximum absolute atomic E-state index is 12.3. The summed E-state index contributed by atoms with van der Waals surface area (Å²) in [5, 5.41) is 3.58. The van der Waals surface area contributed by atoms with E-state index in [0.717, 1.165) is 25.3 Å². The Morgan fingerprint density at radius 2 is 1.87 bits per heavy atom. The van der Waals surface area contributed by atoms with E-state index in [4.69, 9.17) is 11.6 Å². The minimum atomic E-state index is -0.117. The smallest absolute Gasteiger partial charge is 0.255 e. The first-order valence-corrected chi connectivity index (χ1v) is 9.20. The van der Waals surface area contributed by atoms with Gasteiger partial charge in [0.25, 0.3) is 5.91 Å². The number of carbonyl (C=O) groups excluding carboxylic acids is 1. The van der Waals surface area contributed by atoms with Crippen LogP contribution >= 0.6 is 23.4 Å². The number of hydrogen-bond acceptors (Lipinski definition) is 3. The van der Waals surface area contributed by atoms with Crippen molar-refractivity contribution in [3.8, 4) is 0 Å². The Balaban J connectivity index is 1.64. The molecular weight excluding hydrogens is 328 g/mol. The minimum absolute atomic E-state index is 0.117. The number of nitrogens with one attached hydrogen (secondary N) is 1. The van der Waals surface area contributed by atoms with E-state index in [0.29, 0.717) is 10.6 Å². The van der Waals surface area contributed by atoms with Crippen molar-refractivity contribution < 1.29 is 4.79 Å². The summed E-state index contributed by atoms with van der Waals surface area (Å²) < 4.78 is 0. The third-order valence-electron chi connectivity index (χ3n) is 3.80. The van der Waals surface area contributed by atoms with Gasteiger partial charge in [-0.1, -0.05) is 23.7 Å². The van der Waals surface area contributed by atoms with E-state index in [2.05, 4.69) is 22.3 Å². The second kappa shape index (κ2) is 7.86. The summed E-state index contributed by atoms with van der Waals surface area (Å²) in [5.41, 5.74) is 2.66. The Hall–Kier alpha value is -1.49. The molecule has 1 saturated heterocycles. The monoisotopic (exact) mass is 346 g/mol. The Morgan fingerprint density at radius 1 is 1.13 bits per heavy atom. The molecule has 0 bridgehead atoms. The molecule has 0 aromatic heterocycles. The molecule has 0 saturated carbocycles. The van der Waals surface area contributed by atoms with Crippen LogP contribution in [0.25, 0.3) is 0 Å². The predicted octanol–water partition coefficient (Wildman–Crippen LogP) is 4.14. The van der Waals surface area contributed by atoms with Gasteiger partial charge in [0.05, 0.1) is 0 Å². The molecule has 1 amide bonds. The highest BCUT2D eigenvalue weighted by atomic mass is 35.5. The molecule has 0 aliphatic carbocycles. The van der Waals surface area contributed by atoms with Gasteiger partial charge < -0.3 is 5.32 Å². The molecule has 1 aliphatic rings. The van der Waals surface area contributed by atoms with E-state index in [9.17, 15) is 4.79 Å². The van der Waals surface area contributed by atoms with Gasteiger partial charge in [0.2, 0.25) is 0 Å². The van der Waals surface area contributed by atoms with E-state index in [1.807, 2.05) is 23.9 Å². The SMILES string of the molecule is O=C(Nc1cccc(CN2CCSCC2)c1)c1ccc(Cl)cc1. The fourth-order valence-corrected chi connectivity index (χ4v) is 3.67. The zero-order chi connectivity index (χ0) is 16.1. The molecule has 0 unspecified atom stereocenters. The highest BCUT2D eigenvalue weighted by Gasteiger charge is 2.11. The zero-order valence-corrected chi connectivity index (χ0v) is 14.4. The summed E-state index contributed by atoms with van der Waals surface area (Å²) in [5.74, 6) is 2.29. The molecule has 0 atom stereocenters. The molecule has 120 valence electrons. The van der Waals surface area contributed by atoms with E-state index < -0.39 is 0 Å². The van der Waals surface area contributed by atoms with Crippen LogP contribution in [0.2, 0.25) is 5.02 Å². The molecule has 23 heavy (non-hydrogen) atoms. The highest BCUT2D eigenvalue weighted by molar-refractivity contribution is 7.99. The van der Waals surface area contributed by atoms with Gasteiger partial charge in [-0.15, -0.1) is 0 Å². The second-order valence-corrected chi connectivity index (χ2v) is 7.21. The molecule has 0 spiro atoms. The first kappa shape index (κ1) is 16.4. The van der Waals surface area contributed by atoms with Crippen LogP contribution in [0.3, 0.4) is 0 Å². The van der Waals surface area contributed by atoms with Crippen LogP contribution in [0, 0.1) is 0 Å². The highest BCUT2D eigenvalue weighted by Crippen LogP contribution is 2.17. The lowest BCUT2D eigenvalue weighted by atomic mass is 10.1. The number of benzene rings is 2. The molecule has 1 aliphatic heterocycles. The Morgan fingerprint density at radius 3 is 2.61 bits per heavy atom. The lowest BCUT2D eigenvalue weighted by Gasteiger charge is -2.26. The van der Waals surface area contributed by atoms with Gasteiger partial charge in [-0.25, -0.2) is 0 Å². The number of thioether (sulfide) groups is 1. The molecule has 1 fully saturated rings. The van der Waals surface area contributed by atoms with Gasteiger partial charge in [-0.3, -0.25) is 9.69 Å². The fourth-order valence-electron chi connectivity index (χ4n) is 2.57. The number of rotatable bonds is 4. The first-order valence-electron chi connectivity index (χ1n) is 7.67. The number of nitrogens with zero attached hydrogens (tertiary/aromatic N) is 1. The molecule has 1 N–H and O–H groups in total. The summed E-state index contributed by atoms with van der Waals surface area (Å²) in [4.78, 5) is 14.7. The number of anilines is 1. The summed E-state index contributed by atoms with van der Waals surface area (Å²) in [6, 6.07) is 15.0. The number of hydrogen-bond donors (Lipinski definition) is 1. The van der Waals surface area contributed by atoms with Gasteiger partial charge in [0, 0.05) is 47.4 Å². The molecule has 2 aromatic carbocycles. The second-order valence-electron chi connectivity index (χ2n) is 5.55. The average Bonchev–Trinajstić information content (AvgIpc) is 2.57. The normalized spacial score (nSPS) is 15.3. The summed E-state index contributed by atoms with van der Waals surface area (Å²) >= 11 is 7.86. The van der Waals surface area contributed by atoms with E-state index in [1.54, 1.807) is 24.3 Å². The third kappa shape index (κ3) is 4.74. The fraction of sp³-hybridized carbons (Fsp3) is 0.278. The van der Waals surface area contributed by atoms with Crippen LogP contribution in [-0.4, -0.2) is 35.4 Å². The van der Waals surface area contributed by atoms with Crippen molar-refractivity contribution in [2.75, 3.05) is 29.9 Å². The molecule has 0 radical (unpaired) electrons. The van der Waals surface area contributed by atoms with Crippen molar-refractivity contribution in [1.29, 1.82) is 0 Å². The predicted molar refractivity (Wildman–Crippen MR) is 98.4 cm³/mol. The molecule has 3 rings (SSSR count). The van der Waals surface area contributed by atoms with Crippen molar-refractivity contribution in [2.45, 2.75) is 6.54 Å². The molecule has 1 heterocycles. The third-order valence-corrected chi connectivity index (χ3v) is 5.00. The average molecular weight is 347 g/mol. The van der Waals surface area contributed by atoms with Crippen LogP contribution in [0.15, 0.2) is 48.5 Å². The lowest BCUT2D eigenvalue weighted by Crippen LogP contribution is -2.31. The van der Waals surface area contributed by atoms with Gasteiger partial charge in [-0.2, -0.15) is 11.8 Å². The number of carbonyl (C=O) groups is 1. The number of amides is 1. The van der Waals surface area contributed by atoms with Crippen molar-refractivity contribution in [1.82, 2.24) is 4.90 Å². The quantitative estimate of drug-likeness (QED) is 0.903. The largest absolute Gasteiger partial charge is 0.322 e. The Bertz CT molecular complexity index is 669. The Kier molecular flexibility index (Phi) is 5.60.